The molecule has 2 aromatic carbocycles. The lowest BCUT2D eigenvalue weighted by atomic mass is 10.2. The van der Waals surface area contributed by atoms with Crippen molar-refractivity contribution in [3.8, 4) is 0 Å². The molecule has 5 heteroatoms. The van der Waals surface area contributed by atoms with Gasteiger partial charge in [0.1, 0.15) is 0 Å². The van der Waals surface area contributed by atoms with Crippen LogP contribution in [0.1, 0.15) is 22.9 Å². The number of benzene rings is 2. The number of aromatic nitrogens is 2. The van der Waals surface area contributed by atoms with Crippen molar-refractivity contribution in [1.82, 2.24) is 10.2 Å². The third kappa shape index (κ3) is 3.46. The highest BCUT2D eigenvalue weighted by atomic mass is 35.5. The van der Waals surface area contributed by atoms with Crippen LogP contribution in [0.3, 0.4) is 0 Å². The maximum Gasteiger partial charge on any atom is 0.235 e. The highest BCUT2D eigenvalue weighted by Crippen LogP contribution is 2.23. The summed E-state index contributed by atoms with van der Waals surface area (Å²) in [5, 5.41) is 12.2. The Bertz CT molecular complexity index is 756. The van der Waals surface area contributed by atoms with Crippen LogP contribution in [0.15, 0.2) is 52.9 Å². The minimum Gasteiger partial charge on any atom is -0.423 e. The zero-order valence-electron chi connectivity index (χ0n) is 12.2. The summed E-state index contributed by atoms with van der Waals surface area (Å²) in [6.07, 6.45) is 0.643. The van der Waals surface area contributed by atoms with Crippen molar-refractivity contribution in [2.45, 2.75) is 19.9 Å². The van der Waals surface area contributed by atoms with E-state index in [2.05, 4.69) is 15.5 Å². The fourth-order valence-corrected chi connectivity index (χ4v) is 2.35. The van der Waals surface area contributed by atoms with Crippen molar-refractivity contribution in [3.05, 3.63) is 76.5 Å². The van der Waals surface area contributed by atoms with Gasteiger partial charge < -0.3 is 9.73 Å². The van der Waals surface area contributed by atoms with Crippen molar-refractivity contribution in [2.24, 2.45) is 0 Å². The van der Waals surface area contributed by atoms with E-state index in [0.29, 0.717) is 24.7 Å². The number of halogens is 1. The molecule has 1 heterocycles. The quantitative estimate of drug-likeness (QED) is 0.765. The predicted octanol–water partition coefficient (Wildman–Crippen LogP) is 4.23. The molecule has 0 amide bonds. The van der Waals surface area contributed by atoms with Crippen molar-refractivity contribution in [1.29, 1.82) is 0 Å². The second-order valence-electron chi connectivity index (χ2n) is 5.02. The van der Waals surface area contributed by atoms with Crippen LogP contribution in [0.4, 0.5) is 5.69 Å². The molecular weight excluding hydrogens is 298 g/mol. The lowest BCUT2D eigenvalue weighted by molar-refractivity contribution is 0.464. The lowest BCUT2D eigenvalue weighted by Gasteiger charge is -2.08. The molecule has 1 N–H and O–H groups in total. The fraction of sp³-hybridized carbons (Fsp3) is 0.176. The van der Waals surface area contributed by atoms with Crippen LogP contribution in [-0.2, 0) is 13.0 Å². The average Bonchev–Trinajstić information content (AvgIpc) is 2.97. The van der Waals surface area contributed by atoms with Gasteiger partial charge in [-0.3, -0.25) is 0 Å². The SMILES string of the molecule is Cc1c(Cl)cccc1NCc1nnc(Cc2ccccc2)o1. The zero-order chi connectivity index (χ0) is 15.4. The summed E-state index contributed by atoms with van der Waals surface area (Å²) in [4.78, 5) is 0. The predicted molar refractivity (Wildman–Crippen MR) is 87.1 cm³/mol. The van der Waals surface area contributed by atoms with E-state index in [1.807, 2.05) is 55.5 Å². The largest absolute Gasteiger partial charge is 0.423 e. The van der Waals surface area contributed by atoms with Gasteiger partial charge in [0.15, 0.2) is 0 Å². The van der Waals surface area contributed by atoms with Gasteiger partial charge in [-0.25, -0.2) is 0 Å². The molecule has 0 aliphatic heterocycles. The third-order valence-electron chi connectivity index (χ3n) is 3.40. The Morgan fingerprint density at radius 1 is 1.00 bits per heavy atom. The summed E-state index contributed by atoms with van der Waals surface area (Å²) in [5.74, 6) is 1.18. The molecule has 0 unspecified atom stereocenters. The van der Waals surface area contributed by atoms with Crippen LogP contribution in [0.5, 0.6) is 0 Å². The maximum absolute atomic E-state index is 6.10. The Morgan fingerprint density at radius 3 is 2.59 bits per heavy atom. The van der Waals surface area contributed by atoms with Crippen LogP contribution in [0, 0.1) is 6.92 Å². The average molecular weight is 314 g/mol. The van der Waals surface area contributed by atoms with E-state index in [1.54, 1.807) is 0 Å². The maximum atomic E-state index is 6.10. The van der Waals surface area contributed by atoms with Gasteiger partial charge in [0.2, 0.25) is 11.8 Å². The van der Waals surface area contributed by atoms with E-state index in [4.69, 9.17) is 16.0 Å². The number of anilines is 1. The smallest absolute Gasteiger partial charge is 0.235 e. The summed E-state index contributed by atoms with van der Waals surface area (Å²) < 4.78 is 5.66. The Hall–Kier alpha value is -2.33. The first kappa shape index (κ1) is 14.6. The Balaban J connectivity index is 1.63. The number of hydrogen-bond acceptors (Lipinski definition) is 4. The number of hydrogen-bond donors (Lipinski definition) is 1. The first-order chi connectivity index (χ1) is 10.7. The fourth-order valence-electron chi connectivity index (χ4n) is 2.17. The third-order valence-corrected chi connectivity index (χ3v) is 3.81. The zero-order valence-corrected chi connectivity index (χ0v) is 13.0. The molecular formula is C17H16ClN3O. The van der Waals surface area contributed by atoms with E-state index < -0.39 is 0 Å². The Labute approximate surface area is 134 Å². The van der Waals surface area contributed by atoms with E-state index in [0.717, 1.165) is 21.8 Å². The van der Waals surface area contributed by atoms with Crippen LogP contribution < -0.4 is 5.32 Å². The molecule has 0 aliphatic rings. The Kier molecular flexibility index (Phi) is 4.39. The molecule has 22 heavy (non-hydrogen) atoms. The molecule has 0 atom stereocenters. The molecule has 0 fully saturated rings. The van der Waals surface area contributed by atoms with Gasteiger partial charge in [-0.05, 0) is 30.2 Å². The number of rotatable bonds is 5. The van der Waals surface area contributed by atoms with Crippen LogP contribution >= 0.6 is 11.6 Å². The molecule has 0 bridgehead atoms. The van der Waals surface area contributed by atoms with Crippen molar-refractivity contribution >= 4 is 17.3 Å². The van der Waals surface area contributed by atoms with Crippen molar-refractivity contribution in [3.63, 3.8) is 0 Å². The first-order valence-electron chi connectivity index (χ1n) is 7.06. The summed E-state index contributed by atoms with van der Waals surface area (Å²) in [6, 6.07) is 15.8. The Morgan fingerprint density at radius 2 is 1.77 bits per heavy atom. The van der Waals surface area contributed by atoms with Gasteiger partial charge in [-0.15, -0.1) is 10.2 Å². The lowest BCUT2D eigenvalue weighted by Crippen LogP contribution is -2.01. The monoisotopic (exact) mass is 313 g/mol. The van der Waals surface area contributed by atoms with Crippen molar-refractivity contribution in [2.75, 3.05) is 5.32 Å². The standard InChI is InChI=1S/C17H16ClN3O/c1-12-14(18)8-5-9-15(12)19-11-17-21-20-16(22-17)10-13-6-3-2-4-7-13/h2-9,19H,10-11H2,1H3. The molecule has 0 saturated heterocycles. The summed E-state index contributed by atoms with van der Waals surface area (Å²) in [6.45, 7) is 2.45. The van der Waals surface area contributed by atoms with E-state index in [1.165, 1.54) is 0 Å². The van der Waals surface area contributed by atoms with Crippen molar-refractivity contribution < 1.29 is 4.42 Å². The highest BCUT2D eigenvalue weighted by molar-refractivity contribution is 6.31. The minimum absolute atomic E-state index is 0.475. The normalized spacial score (nSPS) is 10.6. The van der Waals surface area contributed by atoms with Gasteiger partial charge in [0.05, 0.1) is 13.0 Å². The molecule has 0 saturated carbocycles. The molecule has 3 rings (SSSR count). The van der Waals surface area contributed by atoms with E-state index >= 15 is 0 Å². The van der Waals surface area contributed by atoms with Crippen LogP contribution in [0.2, 0.25) is 5.02 Å². The summed E-state index contributed by atoms with van der Waals surface area (Å²) in [5.41, 5.74) is 3.12. The van der Waals surface area contributed by atoms with Gasteiger partial charge in [0.25, 0.3) is 0 Å². The molecule has 1 aromatic heterocycles. The number of nitrogens with one attached hydrogen (secondary N) is 1. The van der Waals surface area contributed by atoms with Gasteiger partial charge in [0, 0.05) is 10.7 Å². The number of nitrogens with zero attached hydrogens (tertiary/aromatic N) is 2. The topological polar surface area (TPSA) is 51.0 Å². The second-order valence-corrected chi connectivity index (χ2v) is 5.43. The van der Waals surface area contributed by atoms with E-state index in [9.17, 15) is 0 Å². The van der Waals surface area contributed by atoms with Crippen LogP contribution in [0.25, 0.3) is 0 Å². The van der Waals surface area contributed by atoms with Gasteiger partial charge in [-0.2, -0.15) is 0 Å². The van der Waals surface area contributed by atoms with Gasteiger partial charge in [-0.1, -0.05) is 48.0 Å². The van der Waals surface area contributed by atoms with Crippen LogP contribution in [-0.4, -0.2) is 10.2 Å². The van der Waals surface area contributed by atoms with E-state index in [-0.39, 0.29) is 0 Å². The summed E-state index contributed by atoms with van der Waals surface area (Å²) in [7, 11) is 0. The highest BCUT2D eigenvalue weighted by Gasteiger charge is 2.08. The summed E-state index contributed by atoms with van der Waals surface area (Å²) >= 11 is 6.10. The first-order valence-corrected chi connectivity index (χ1v) is 7.44. The minimum atomic E-state index is 0.475. The molecule has 112 valence electrons. The second kappa shape index (κ2) is 6.62. The van der Waals surface area contributed by atoms with Gasteiger partial charge >= 0.3 is 0 Å². The molecule has 0 spiro atoms. The molecule has 0 radical (unpaired) electrons. The molecule has 4 nitrogen and oxygen atoms in total. The molecule has 3 aromatic rings. The molecule has 0 aliphatic carbocycles.